The van der Waals surface area contributed by atoms with Gasteiger partial charge in [-0.05, 0) is 97.4 Å². The summed E-state index contributed by atoms with van der Waals surface area (Å²) in [5.41, 5.74) is 8.60. The highest BCUT2D eigenvalue weighted by Gasteiger charge is 2.27. The molecule has 3 heterocycles. The normalized spacial score (nSPS) is 16.3. The maximum Gasteiger partial charge on any atom is 0.136 e. The quantitative estimate of drug-likeness (QED) is 0.201. The molecule has 0 N–H and O–H groups in total. The number of benzene rings is 4. The summed E-state index contributed by atoms with van der Waals surface area (Å²) in [5.74, 6) is 0.419. The molecule has 1 unspecified atom stereocenters. The van der Waals surface area contributed by atoms with Gasteiger partial charge in [-0.2, -0.15) is 0 Å². The molecule has 0 fully saturated rings. The van der Waals surface area contributed by atoms with E-state index in [2.05, 4.69) is 114 Å². The molecule has 3 aromatic heterocycles. The molecule has 1 nitrogen and oxygen atoms in total. The largest absolute Gasteiger partial charge is 0.456 e. The minimum absolute atomic E-state index is 0.419. The van der Waals surface area contributed by atoms with E-state index in [0.717, 1.165) is 17.6 Å². The fraction of sp³-hybridized carbons (Fsp3) is 0.0556. The van der Waals surface area contributed by atoms with Crippen LogP contribution in [0.5, 0.6) is 0 Å². The molecule has 0 spiro atoms. The third kappa shape index (κ3) is 3.18. The molecule has 2 aliphatic rings. The van der Waals surface area contributed by atoms with Gasteiger partial charge in [-0.3, -0.25) is 0 Å². The van der Waals surface area contributed by atoms with Crippen LogP contribution in [-0.4, -0.2) is 0 Å². The number of furan rings is 1. The van der Waals surface area contributed by atoms with Crippen LogP contribution < -0.4 is 0 Å². The molecule has 9 rings (SSSR count). The van der Waals surface area contributed by atoms with E-state index in [1.54, 1.807) is 22.7 Å². The second-order valence-electron chi connectivity index (χ2n) is 10.5. The summed E-state index contributed by atoms with van der Waals surface area (Å²) in [6.07, 6.45) is 12.4. The van der Waals surface area contributed by atoms with Gasteiger partial charge >= 0.3 is 0 Å². The van der Waals surface area contributed by atoms with Crippen molar-refractivity contribution in [2.45, 2.75) is 6.42 Å². The van der Waals surface area contributed by atoms with E-state index < -0.39 is 0 Å². The molecular weight excluding hydrogens is 513 g/mol. The maximum atomic E-state index is 6.80. The van der Waals surface area contributed by atoms with Gasteiger partial charge in [0.2, 0.25) is 0 Å². The van der Waals surface area contributed by atoms with Crippen molar-refractivity contribution in [1.29, 1.82) is 0 Å². The molecule has 1 atom stereocenters. The standard InChI is InChI=1S/C36H22OS2/c1-3-9-23-17-29-25(15-21(23)7-1)27(33-11-5-13-38-33)19-31-35(29)36-30-18-24-10-4-2-8-22(24)16-26(30)28(20-32(36)37-31)34-12-6-14-39-34/h1-15,17-20,22H,16H2. The van der Waals surface area contributed by atoms with Gasteiger partial charge in [-0.1, -0.05) is 66.8 Å². The van der Waals surface area contributed by atoms with Gasteiger partial charge in [-0.25, -0.2) is 0 Å². The first-order valence-electron chi connectivity index (χ1n) is 13.3. The molecule has 4 aromatic carbocycles. The summed E-state index contributed by atoms with van der Waals surface area (Å²) >= 11 is 3.59. The summed E-state index contributed by atoms with van der Waals surface area (Å²) in [5, 5.41) is 11.9. The second kappa shape index (κ2) is 8.16. The lowest BCUT2D eigenvalue weighted by molar-refractivity contribution is 0.669. The van der Waals surface area contributed by atoms with Crippen LogP contribution in [0.1, 0.15) is 11.1 Å². The lowest BCUT2D eigenvalue weighted by atomic mass is 9.78. The Morgan fingerprint density at radius 3 is 2.18 bits per heavy atom. The number of allylic oxidation sites excluding steroid dienone is 5. The number of hydrogen-bond acceptors (Lipinski definition) is 3. The fourth-order valence-corrected chi connectivity index (χ4v) is 8.12. The average Bonchev–Trinajstić information content (AvgIpc) is 3.75. The van der Waals surface area contributed by atoms with Crippen LogP contribution in [0, 0.1) is 5.92 Å². The zero-order valence-corrected chi connectivity index (χ0v) is 22.6. The van der Waals surface area contributed by atoms with Crippen LogP contribution >= 0.6 is 22.7 Å². The highest BCUT2D eigenvalue weighted by atomic mass is 32.1. The Kier molecular flexibility index (Phi) is 4.54. The minimum Gasteiger partial charge on any atom is -0.456 e. The Labute approximate surface area is 233 Å². The van der Waals surface area contributed by atoms with Gasteiger partial charge in [0.05, 0.1) is 0 Å². The summed E-state index contributed by atoms with van der Waals surface area (Å²) in [7, 11) is 0. The number of thiophene rings is 2. The van der Waals surface area contributed by atoms with E-state index in [0.29, 0.717) is 5.92 Å². The van der Waals surface area contributed by atoms with E-state index in [-0.39, 0.29) is 0 Å². The Morgan fingerprint density at radius 2 is 1.41 bits per heavy atom. The molecule has 2 aliphatic carbocycles. The van der Waals surface area contributed by atoms with Gasteiger partial charge in [0.15, 0.2) is 0 Å². The monoisotopic (exact) mass is 534 g/mol. The molecule has 0 aliphatic heterocycles. The van der Waals surface area contributed by atoms with Gasteiger partial charge in [0, 0.05) is 32.0 Å². The predicted molar refractivity (Wildman–Crippen MR) is 169 cm³/mol. The Bertz CT molecular complexity index is 2180. The smallest absolute Gasteiger partial charge is 0.136 e. The molecule has 0 bridgehead atoms. The molecule has 7 aromatic rings. The highest BCUT2D eigenvalue weighted by molar-refractivity contribution is 7.13. The van der Waals surface area contributed by atoms with Crippen molar-refractivity contribution < 1.29 is 4.42 Å². The minimum atomic E-state index is 0.419. The molecular formula is C36H22OS2. The highest BCUT2D eigenvalue weighted by Crippen LogP contribution is 2.48. The van der Waals surface area contributed by atoms with E-state index in [1.807, 2.05) is 0 Å². The number of fused-ring (bicyclic) bond motifs is 9. The predicted octanol–water partition coefficient (Wildman–Crippen LogP) is 11.0. The average molecular weight is 535 g/mol. The van der Waals surface area contributed by atoms with Crippen LogP contribution in [0.4, 0.5) is 0 Å². The molecule has 0 saturated heterocycles. The van der Waals surface area contributed by atoms with Gasteiger partial charge in [0.1, 0.15) is 11.2 Å². The van der Waals surface area contributed by atoms with Gasteiger partial charge < -0.3 is 4.42 Å². The zero-order chi connectivity index (χ0) is 25.5. The third-order valence-electron chi connectivity index (χ3n) is 8.36. The fourth-order valence-electron chi connectivity index (χ4n) is 6.59. The van der Waals surface area contributed by atoms with Crippen molar-refractivity contribution in [1.82, 2.24) is 0 Å². The molecule has 0 radical (unpaired) electrons. The van der Waals surface area contributed by atoms with E-state index in [9.17, 15) is 0 Å². The van der Waals surface area contributed by atoms with E-state index >= 15 is 0 Å². The number of hydrogen-bond donors (Lipinski definition) is 0. The first-order chi connectivity index (χ1) is 19.3. The van der Waals surface area contributed by atoms with Crippen LogP contribution in [0.25, 0.3) is 70.4 Å². The Hall–Kier alpha value is -4.18. The van der Waals surface area contributed by atoms with Crippen LogP contribution in [0.2, 0.25) is 0 Å². The molecule has 0 amide bonds. The molecule has 3 heteroatoms. The second-order valence-corrected chi connectivity index (χ2v) is 12.4. The Morgan fingerprint density at radius 1 is 0.692 bits per heavy atom. The first kappa shape index (κ1) is 21.7. The lowest BCUT2D eigenvalue weighted by Gasteiger charge is -2.26. The van der Waals surface area contributed by atoms with E-state index in [4.69, 9.17) is 4.42 Å². The summed E-state index contributed by atoms with van der Waals surface area (Å²) in [4.78, 5) is 2.57. The van der Waals surface area contributed by atoms with Crippen LogP contribution in [0.3, 0.4) is 0 Å². The Balaban J connectivity index is 1.48. The van der Waals surface area contributed by atoms with Crippen molar-refractivity contribution in [2.24, 2.45) is 5.92 Å². The molecule has 184 valence electrons. The third-order valence-corrected chi connectivity index (χ3v) is 10.2. The van der Waals surface area contributed by atoms with Crippen molar-refractivity contribution in [3.05, 3.63) is 125 Å². The van der Waals surface area contributed by atoms with Crippen LogP contribution in [-0.2, 0) is 6.42 Å². The van der Waals surface area contributed by atoms with E-state index in [1.165, 1.54) is 69.9 Å². The molecule has 39 heavy (non-hydrogen) atoms. The van der Waals surface area contributed by atoms with Gasteiger partial charge in [0.25, 0.3) is 0 Å². The van der Waals surface area contributed by atoms with Crippen molar-refractivity contribution in [2.75, 3.05) is 0 Å². The van der Waals surface area contributed by atoms with Gasteiger partial charge in [-0.15, -0.1) is 22.7 Å². The lowest BCUT2D eigenvalue weighted by Crippen LogP contribution is -2.12. The maximum absolute atomic E-state index is 6.80. The summed E-state index contributed by atoms with van der Waals surface area (Å²) < 4.78 is 6.80. The number of rotatable bonds is 2. The zero-order valence-electron chi connectivity index (χ0n) is 21.0. The topological polar surface area (TPSA) is 13.1 Å². The first-order valence-corrected chi connectivity index (χ1v) is 15.1. The van der Waals surface area contributed by atoms with Crippen molar-refractivity contribution in [3.63, 3.8) is 0 Å². The molecule has 0 saturated carbocycles. The van der Waals surface area contributed by atoms with Crippen molar-refractivity contribution in [3.8, 4) is 20.9 Å². The van der Waals surface area contributed by atoms with Crippen LogP contribution in [0.15, 0.2) is 118 Å². The summed E-state index contributed by atoms with van der Waals surface area (Å²) in [6, 6.07) is 26.7. The van der Waals surface area contributed by atoms with Crippen molar-refractivity contribution >= 4 is 72.2 Å². The SMILES string of the molecule is C1=CC2=Cc3c(c(-c4cccs4)cc4oc5cc(-c6cccs6)c6cc7ccccc7cc6c5c34)CC2C=C1. The summed E-state index contributed by atoms with van der Waals surface area (Å²) in [6.45, 7) is 0.